The van der Waals surface area contributed by atoms with Gasteiger partial charge in [0.15, 0.2) is 0 Å². The third-order valence-corrected chi connectivity index (χ3v) is 5.61. The van der Waals surface area contributed by atoms with Crippen molar-refractivity contribution in [1.82, 2.24) is 19.8 Å². The van der Waals surface area contributed by atoms with Crippen molar-refractivity contribution in [2.75, 3.05) is 25.0 Å². The number of aryl methyl sites for hydroxylation is 2. The summed E-state index contributed by atoms with van der Waals surface area (Å²) in [6.07, 6.45) is 6.01. The molecule has 27 heavy (non-hydrogen) atoms. The highest BCUT2D eigenvalue weighted by Gasteiger charge is 2.27. The van der Waals surface area contributed by atoms with E-state index in [4.69, 9.17) is 4.98 Å². The summed E-state index contributed by atoms with van der Waals surface area (Å²) in [5.74, 6) is 0.673. The van der Waals surface area contributed by atoms with Crippen molar-refractivity contribution in [2.24, 2.45) is 0 Å². The molecule has 3 heterocycles. The summed E-state index contributed by atoms with van der Waals surface area (Å²) >= 11 is 0. The van der Waals surface area contributed by atoms with Crippen molar-refractivity contribution in [3.05, 3.63) is 46.8 Å². The second-order valence-corrected chi connectivity index (χ2v) is 7.76. The Labute approximate surface area is 160 Å². The van der Waals surface area contributed by atoms with E-state index in [0.717, 1.165) is 63.2 Å². The molecule has 0 unspecified atom stereocenters. The molecule has 2 aromatic rings. The number of anilines is 2. The second-order valence-electron chi connectivity index (χ2n) is 7.76. The predicted octanol–water partition coefficient (Wildman–Crippen LogP) is 2.82. The minimum atomic E-state index is 0.558. The van der Waals surface area contributed by atoms with E-state index in [2.05, 4.69) is 47.2 Å². The summed E-state index contributed by atoms with van der Waals surface area (Å²) in [5.41, 5.74) is 5.87. The minimum Gasteiger partial charge on any atom is -0.345 e. The first kappa shape index (κ1) is 17.9. The van der Waals surface area contributed by atoms with Crippen LogP contribution in [0.3, 0.4) is 0 Å². The fraction of sp³-hybridized carbons (Fsp3) is 0.476. The molecule has 1 N–H and O–H groups in total. The highest BCUT2D eigenvalue weighted by atomic mass is 16.1. The molecule has 1 saturated heterocycles. The lowest BCUT2D eigenvalue weighted by molar-refractivity contribution is -0.119. The SMILES string of the molecule is Cc1cc(C)cc(Nc2ncc3c(n2)CCN(C2CCN(C=O)CC2)C3)c1. The van der Waals surface area contributed by atoms with E-state index in [1.807, 2.05) is 11.1 Å². The molecule has 1 aromatic heterocycles. The van der Waals surface area contributed by atoms with Gasteiger partial charge in [-0.05, 0) is 49.9 Å². The lowest BCUT2D eigenvalue weighted by atomic mass is 9.99. The van der Waals surface area contributed by atoms with E-state index in [9.17, 15) is 4.79 Å². The number of nitrogens with one attached hydrogen (secondary N) is 1. The first-order valence-corrected chi connectivity index (χ1v) is 9.74. The van der Waals surface area contributed by atoms with E-state index in [0.29, 0.717) is 12.0 Å². The van der Waals surface area contributed by atoms with Crippen molar-refractivity contribution in [1.29, 1.82) is 0 Å². The number of aromatic nitrogens is 2. The molecule has 6 heteroatoms. The van der Waals surface area contributed by atoms with Gasteiger partial charge in [-0.2, -0.15) is 0 Å². The van der Waals surface area contributed by atoms with Crippen molar-refractivity contribution < 1.29 is 4.79 Å². The number of likely N-dealkylation sites (tertiary alicyclic amines) is 1. The highest BCUT2D eigenvalue weighted by Crippen LogP contribution is 2.25. The standard InChI is InChI=1S/C21H27N5O/c1-15-9-16(2)11-18(10-15)23-21-22-12-17-13-26(8-5-20(17)24-21)19-3-6-25(14-27)7-4-19/h9-12,14,19H,3-8,13H2,1-2H3,(H,22,23,24). The normalized spacial score (nSPS) is 18.2. The summed E-state index contributed by atoms with van der Waals surface area (Å²) in [7, 11) is 0. The molecule has 142 valence electrons. The monoisotopic (exact) mass is 365 g/mol. The van der Waals surface area contributed by atoms with E-state index >= 15 is 0 Å². The Balaban J connectivity index is 1.43. The molecule has 0 aliphatic carbocycles. The summed E-state index contributed by atoms with van der Waals surface area (Å²) in [6, 6.07) is 6.95. The average molecular weight is 365 g/mol. The molecule has 0 radical (unpaired) electrons. The largest absolute Gasteiger partial charge is 0.345 e. The number of fused-ring (bicyclic) bond motifs is 1. The van der Waals surface area contributed by atoms with Crippen LogP contribution >= 0.6 is 0 Å². The number of nitrogens with zero attached hydrogens (tertiary/aromatic N) is 4. The van der Waals surface area contributed by atoms with E-state index in [1.54, 1.807) is 0 Å². The first-order valence-electron chi connectivity index (χ1n) is 9.74. The number of hydrogen-bond acceptors (Lipinski definition) is 5. The minimum absolute atomic E-state index is 0.558. The maximum absolute atomic E-state index is 10.9. The quantitative estimate of drug-likeness (QED) is 0.844. The Morgan fingerprint density at radius 3 is 2.56 bits per heavy atom. The third kappa shape index (κ3) is 4.11. The smallest absolute Gasteiger partial charge is 0.227 e. The molecule has 2 aliphatic rings. The van der Waals surface area contributed by atoms with Crippen LogP contribution in [-0.2, 0) is 17.8 Å². The number of rotatable bonds is 4. The summed E-state index contributed by atoms with van der Waals surface area (Å²) in [6.45, 7) is 7.86. The first-order chi connectivity index (χ1) is 13.1. The van der Waals surface area contributed by atoms with Gasteiger partial charge < -0.3 is 10.2 Å². The average Bonchev–Trinajstić information content (AvgIpc) is 2.67. The molecule has 2 aliphatic heterocycles. The van der Waals surface area contributed by atoms with Crippen molar-refractivity contribution in [3.63, 3.8) is 0 Å². The fourth-order valence-corrected chi connectivity index (χ4v) is 4.24. The number of hydrogen-bond donors (Lipinski definition) is 1. The molecule has 0 spiro atoms. The summed E-state index contributed by atoms with van der Waals surface area (Å²) < 4.78 is 0. The zero-order valence-corrected chi connectivity index (χ0v) is 16.1. The molecule has 0 atom stereocenters. The van der Waals surface area contributed by atoms with Gasteiger partial charge in [-0.15, -0.1) is 0 Å². The number of carbonyl (C=O) groups excluding carboxylic acids is 1. The topological polar surface area (TPSA) is 61.4 Å². The molecular formula is C21H27N5O. The number of amides is 1. The molecule has 1 aromatic carbocycles. The highest BCUT2D eigenvalue weighted by molar-refractivity contribution is 5.56. The fourth-order valence-electron chi connectivity index (χ4n) is 4.24. The van der Waals surface area contributed by atoms with Crippen LogP contribution in [0.1, 0.15) is 35.2 Å². The van der Waals surface area contributed by atoms with Crippen LogP contribution in [0.5, 0.6) is 0 Å². The van der Waals surface area contributed by atoms with Crippen LogP contribution in [0.4, 0.5) is 11.6 Å². The molecule has 0 saturated carbocycles. The Morgan fingerprint density at radius 2 is 1.85 bits per heavy atom. The van der Waals surface area contributed by atoms with Gasteiger partial charge >= 0.3 is 0 Å². The van der Waals surface area contributed by atoms with Crippen LogP contribution in [0.15, 0.2) is 24.4 Å². The van der Waals surface area contributed by atoms with Gasteiger partial charge in [-0.3, -0.25) is 9.69 Å². The Kier molecular flexibility index (Phi) is 5.07. The van der Waals surface area contributed by atoms with Crippen LogP contribution in [0.25, 0.3) is 0 Å². The van der Waals surface area contributed by atoms with E-state index in [-0.39, 0.29) is 0 Å². The van der Waals surface area contributed by atoms with Gasteiger partial charge in [0.1, 0.15) is 0 Å². The van der Waals surface area contributed by atoms with Crippen molar-refractivity contribution in [3.8, 4) is 0 Å². The number of carbonyl (C=O) groups is 1. The zero-order valence-electron chi connectivity index (χ0n) is 16.1. The maximum Gasteiger partial charge on any atom is 0.227 e. The van der Waals surface area contributed by atoms with Gasteiger partial charge in [0, 0.05) is 56.1 Å². The molecular weight excluding hydrogens is 338 g/mol. The van der Waals surface area contributed by atoms with Gasteiger partial charge in [0.25, 0.3) is 0 Å². The van der Waals surface area contributed by atoms with Gasteiger partial charge in [0.2, 0.25) is 12.4 Å². The molecule has 1 fully saturated rings. The molecule has 0 bridgehead atoms. The molecule has 6 nitrogen and oxygen atoms in total. The van der Waals surface area contributed by atoms with Crippen LogP contribution in [-0.4, -0.2) is 51.9 Å². The maximum atomic E-state index is 10.9. The van der Waals surface area contributed by atoms with E-state index < -0.39 is 0 Å². The molecule has 1 amide bonds. The predicted molar refractivity (Wildman–Crippen MR) is 106 cm³/mol. The second kappa shape index (κ2) is 7.64. The van der Waals surface area contributed by atoms with Crippen LogP contribution < -0.4 is 5.32 Å². The lowest BCUT2D eigenvalue weighted by Crippen LogP contribution is -2.46. The molecule has 4 rings (SSSR count). The van der Waals surface area contributed by atoms with E-state index in [1.165, 1.54) is 16.7 Å². The van der Waals surface area contributed by atoms with Crippen molar-refractivity contribution >= 4 is 18.0 Å². The lowest BCUT2D eigenvalue weighted by Gasteiger charge is -2.39. The van der Waals surface area contributed by atoms with Gasteiger partial charge in [-0.1, -0.05) is 6.07 Å². The van der Waals surface area contributed by atoms with Gasteiger partial charge in [-0.25, -0.2) is 9.97 Å². The zero-order chi connectivity index (χ0) is 18.8. The summed E-state index contributed by atoms with van der Waals surface area (Å²) in [5, 5.41) is 3.35. The Bertz CT molecular complexity index is 809. The summed E-state index contributed by atoms with van der Waals surface area (Å²) in [4.78, 5) is 24.6. The number of piperidine rings is 1. The van der Waals surface area contributed by atoms with Gasteiger partial charge in [0.05, 0.1) is 5.69 Å². The number of benzene rings is 1. The Hall–Kier alpha value is -2.47. The Morgan fingerprint density at radius 1 is 1.11 bits per heavy atom. The van der Waals surface area contributed by atoms with Crippen LogP contribution in [0.2, 0.25) is 0 Å². The third-order valence-electron chi connectivity index (χ3n) is 5.61. The van der Waals surface area contributed by atoms with Crippen molar-refractivity contribution in [2.45, 2.75) is 45.7 Å². The van der Waals surface area contributed by atoms with Crippen LogP contribution in [0, 0.1) is 13.8 Å².